The standard InChI is InChI=1S/C25H32N8.2ClHO4.Cu/c1-30(18-24-20-32(28-26-24)16-22-10-5-3-6-11-22)14-9-15-31(2)19-25-21-33(29-27-25)17-23-12-7-4-8-13-23;2*2-1(3,4)5;/h3-8,10-13,20-21H,9,14-19H2,1-2H3;2*(H,2,3,4,5);/q;;;+2/p-2. The van der Waals surface area contributed by atoms with Crippen LogP contribution >= 0.6 is 0 Å². The van der Waals surface area contributed by atoms with E-state index in [1.807, 2.05) is 58.2 Å². The number of nitrogens with zero attached hydrogens (tertiary/aromatic N) is 8. The van der Waals surface area contributed by atoms with Crippen LogP contribution in [-0.2, 0) is 43.2 Å². The van der Waals surface area contributed by atoms with E-state index < -0.39 is 20.5 Å². The minimum atomic E-state index is -4.94. The fourth-order valence-electron chi connectivity index (χ4n) is 3.84. The summed E-state index contributed by atoms with van der Waals surface area (Å²) in [6.45, 7) is 5.09. The molecule has 4 aromatic rings. The molecule has 0 bridgehead atoms. The van der Waals surface area contributed by atoms with Gasteiger partial charge in [0.25, 0.3) is 0 Å². The molecular weight excluding hydrogens is 675 g/mol. The van der Waals surface area contributed by atoms with E-state index in [-0.39, 0.29) is 17.1 Å². The first-order chi connectivity index (χ1) is 20.1. The Kier molecular flexibility index (Phi) is 17.7. The van der Waals surface area contributed by atoms with Crippen molar-refractivity contribution in [3.05, 3.63) is 95.6 Å². The molecule has 0 N–H and O–H groups in total. The fourth-order valence-corrected chi connectivity index (χ4v) is 3.84. The quantitative estimate of drug-likeness (QED) is 0.124. The first kappa shape index (κ1) is 39.4. The maximum Gasteiger partial charge on any atom is 2.00 e. The van der Waals surface area contributed by atoms with Gasteiger partial charge >= 0.3 is 17.1 Å². The van der Waals surface area contributed by atoms with Crippen molar-refractivity contribution in [1.29, 1.82) is 0 Å². The summed E-state index contributed by atoms with van der Waals surface area (Å²) in [6.07, 6.45) is 5.14. The third kappa shape index (κ3) is 20.4. The van der Waals surface area contributed by atoms with Crippen molar-refractivity contribution in [2.45, 2.75) is 32.6 Å². The minimum Gasteiger partial charge on any atom is -0.300 e. The van der Waals surface area contributed by atoms with Crippen molar-refractivity contribution in [2.75, 3.05) is 27.2 Å². The number of hydrogen-bond donors (Lipinski definition) is 0. The van der Waals surface area contributed by atoms with E-state index in [4.69, 9.17) is 37.3 Å². The summed E-state index contributed by atoms with van der Waals surface area (Å²) < 4.78 is 71.7. The summed E-state index contributed by atoms with van der Waals surface area (Å²) in [5.41, 5.74) is 4.45. The van der Waals surface area contributed by atoms with E-state index >= 15 is 0 Å². The molecule has 2 aromatic carbocycles. The van der Waals surface area contributed by atoms with E-state index in [1.54, 1.807) is 0 Å². The van der Waals surface area contributed by atoms with E-state index in [0.717, 1.165) is 57.1 Å². The Hall–Kier alpha value is -2.58. The zero-order valence-corrected chi connectivity index (χ0v) is 26.2. The van der Waals surface area contributed by atoms with Crippen LogP contribution < -0.4 is 37.3 Å². The summed E-state index contributed by atoms with van der Waals surface area (Å²) >= 11 is 0. The van der Waals surface area contributed by atoms with Crippen LogP contribution in [0.1, 0.15) is 28.9 Å². The maximum absolute atomic E-state index is 8.49. The van der Waals surface area contributed by atoms with Crippen molar-refractivity contribution in [3.8, 4) is 0 Å². The van der Waals surface area contributed by atoms with Gasteiger partial charge in [0.1, 0.15) is 0 Å². The second-order valence-electron chi connectivity index (χ2n) is 9.37. The second-order valence-corrected chi connectivity index (χ2v) is 10.9. The normalized spacial score (nSPS) is 11.4. The van der Waals surface area contributed by atoms with Crippen molar-refractivity contribution in [1.82, 2.24) is 39.8 Å². The number of halogens is 2. The molecule has 1 radical (unpaired) electrons. The summed E-state index contributed by atoms with van der Waals surface area (Å²) in [5.74, 6) is 0. The third-order valence-corrected chi connectivity index (χ3v) is 5.49. The zero-order valence-electron chi connectivity index (χ0n) is 23.8. The molecule has 0 amide bonds. The minimum absolute atomic E-state index is 0. The molecule has 0 aliphatic carbocycles. The molecule has 0 aliphatic rings. The van der Waals surface area contributed by atoms with Crippen LogP contribution in [0.15, 0.2) is 73.1 Å². The largest absolute Gasteiger partial charge is 2.00 e. The number of benzene rings is 2. The van der Waals surface area contributed by atoms with Gasteiger partial charge < -0.3 is 9.80 Å². The van der Waals surface area contributed by atoms with Gasteiger partial charge in [-0.1, -0.05) is 71.1 Å². The Morgan fingerprint density at radius 3 is 1.23 bits per heavy atom. The molecule has 0 saturated carbocycles. The first-order valence-corrected chi connectivity index (χ1v) is 15.1. The van der Waals surface area contributed by atoms with Gasteiger partial charge in [0, 0.05) is 13.1 Å². The van der Waals surface area contributed by atoms with E-state index in [1.165, 1.54) is 11.1 Å². The molecule has 245 valence electrons. The Morgan fingerprint density at radius 1 is 0.591 bits per heavy atom. The topological polar surface area (TPSA) is 252 Å². The van der Waals surface area contributed by atoms with Gasteiger partial charge in [-0.25, -0.2) is 46.6 Å². The fraction of sp³-hybridized carbons (Fsp3) is 0.360. The molecular formula is C25H32Cl2CuN8O8. The molecule has 0 fully saturated rings. The van der Waals surface area contributed by atoms with E-state index in [2.05, 4.69) is 68.8 Å². The predicted molar refractivity (Wildman–Crippen MR) is 128 cm³/mol. The number of rotatable bonds is 12. The summed E-state index contributed by atoms with van der Waals surface area (Å²) in [7, 11) is -5.63. The summed E-state index contributed by atoms with van der Waals surface area (Å²) in [4.78, 5) is 4.59. The predicted octanol–water partition coefficient (Wildman–Crippen LogP) is -6.59. The van der Waals surface area contributed by atoms with Crippen molar-refractivity contribution in [2.24, 2.45) is 0 Å². The molecule has 44 heavy (non-hydrogen) atoms. The van der Waals surface area contributed by atoms with Gasteiger partial charge in [0.05, 0.1) is 36.9 Å². The summed E-state index contributed by atoms with van der Waals surface area (Å²) in [5, 5.41) is 17.2. The van der Waals surface area contributed by atoms with Crippen LogP contribution in [0.25, 0.3) is 0 Å². The van der Waals surface area contributed by atoms with Crippen LogP contribution in [0.3, 0.4) is 0 Å². The van der Waals surface area contributed by atoms with Gasteiger partial charge in [0.15, 0.2) is 0 Å². The molecule has 0 aliphatic heterocycles. The SMILES string of the molecule is CN(CCCN(C)Cc1cn(Cc2ccccc2)nn1)Cc1cn(Cc2ccccc2)nn1.[Cu+2].[O-][Cl+3]([O-])([O-])[O-].[O-][Cl+3]([O-])([O-])[O-]. The van der Waals surface area contributed by atoms with Gasteiger partial charge in [-0.3, -0.25) is 0 Å². The van der Waals surface area contributed by atoms with Gasteiger partial charge in [-0.2, -0.15) is 0 Å². The molecule has 0 spiro atoms. The van der Waals surface area contributed by atoms with Crippen molar-refractivity contribution < 1.29 is 74.8 Å². The molecule has 0 unspecified atom stereocenters. The average Bonchev–Trinajstić information content (AvgIpc) is 3.52. The molecule has 0 atom stereocenters. The van der Waals surface area contributed by atoms with E-state index in [0.29, 0.717) is 0 Å². The van der Waals surface area contributed by atoms with Crippen LogP contribution in [0.4, 0.5) is 0 Å². The third-order valence-electron chi connectivity index (χ3n) is 5.49. The Balaban J connectivity index is 0.000000765. The summed E-state index contributed by atoms with van der Waals surface area (Å²) in [6, 6.07) is 20.7. The van der Waals surface area contributed by atoms with Gasteiger partial charge in [-0.15, -0.1) is 30.7 Å². The van der Waals surface area contributed by atoms with E-state index in [9.17, 15) is 0 Å². The monoisotopic (exact) mass is 705 g/mol. The Morgan fingerprint density at radius 2 is 0.909 bits per heavy atom. The van der Waals surface area contributed by atoms with Gasteiger partial charge in [-0.05, 0) is 44.7 Å². The van der Waals surface area contributed by atoms with Crippen molar-refractivity contribution >= 4 is 0 Å². The zero-order chi connectivity index (χ0) is 31.9. The average molecular weight is 707 g/mol. The van der Waals surface area contributed by atoms with Crippen LogP contribution in [0.2, 0.25) is 0 Å². The molecule has 16 nitrogen and oxygen atoms in total. The first-order valence-electron chi connectivity index (χ1n) is 12.6. The Labute approximate surface area is 269 Å². The van der Waals surface area contributed by atoms with Crippen LogP contribution in [0, 0.1) is 20.5 Å². The molecule has 19 heteroatoms. The smallest absolute Gasteiger partial charge is 0.300 e. The number of hydrogen-bond acceptors (Lipinski definition) is 14. The molecule has 2 heterocycles. The van der Waals surface area contributed by atoms with Crippen LogP contribution in [0.5, 0.6) is 0 Å². The van der Waals surface area contributed by atoms with Crippen molar-refractivity contribution in [3.63, 3.8) is 0 Å². The molecule has 0 saturated heterocycles. The maximum atomic E-state index is 8.49. The Bertz CT molecular complexity index is 1200. The molecule has 2 aromatic heterocycles. The van der Waals surface area contributed by atoms with Crippen LogP contribution in [-0.4, -0.2) is 67.0 Å². The van der Waals surface area contributed by atoms with Gasteiger partial charge in [0.2, 0.25) is 0 Å². The molecule has 4 rings (SSSR count). The second kappa shape index (κ2) is 19.7. The number of aromatic nitrogens is 6.